The molecule has 6 heteroatoms. The van der Waals surface area contributed by atoms with Gasteiger partial charge in [0.2, 0.25) is 5.88 Å². The molecule has 0 radical (unpaired) electrons. The van der Waals surface area contributed by atoms with Crippen LogP contribution in [0.3, 0.4) is 0 Å². The maximum absolute atomic E-state index is 7.34. The first-order valence-corrected chi connectivity index (χ1v) is 25.4. The Balaban J connectivity index is 1.18. The fraction of sp³-hybridized carbons (Fsp3) is 0.213. The summed E-state index contributed by atoms with van der Waals surface area (Å²) in [5, 5.41) is 8.44. The minimum Gasteiger partial charge on any atom is -0.440 e. The highest BCUT2D eigenvalue weighted by molar-refractivity contribution is 7.18. The zero-order valence-corrected chi connectivity index (χ0v) is 42.0. The van der Waals surface area contributed by atoms with Crippen molar-refractivity contribution in [2.24, 2.45) is 0 Å². The van der Waals surface area contributed by atoms with Gasteiger partial charge >= 0.3 is 0 Å². The summed E-state index contributed by atoms with van der Waals surface area (Å²) in [7, 11) is 0. The molecule has 2 aliphatic rings. The predicted octanol–water partition coefficient (Wildman–Crippen LogP) is 16.4. The van der Waals surface area contributed by atoms with Gasteiger partial charge in [-0.05, 0) is 172 Å². The van der Waals surface area contributed by atoms with E-state index in [1.54, 1.807) is 0 Å². The zero-order chi connectivity index (χ0) is 46.4. The fourth-order valence-corrected chi connectivity index (χ4v) is 13.3. The Morgan fingerprint density at radius 3 is 1.64 bits per heavy atom. The van der Waals surface area contributed by atoms with E-state index in [1.165, 1.54) is 132 Å². The molecule has 10 aromatic rings. The highest BCUT2D eigenvalue weighted by atomic mass is 32.1. The first-order chi connectivity index (χ1) is 32.0. The van der Waals surface area contributed by atoms with Crippen LogP contribution < -0.4 is 26.2 Å². The van der Waals surface area contributed by atoms with Crippen molar-refractivity contribution in [3.8, 4) is 22.3 Å². The van der Waals surface area contributed by atoms with Crippen molar-refractivity contribution >= 4 is 111 Å². The molecule has 3 nitrogen and oxygen atoms in total. The number of furan rings is 1. The van der Waals surface area contributed by atoms with Gasteiger partial charge in [0.15, 0.2) is 0 Å². The van der Waals surface area contributed by atoms with Crippen molar-refractivity contribution in [3.63, 3.8) is 0 Å². The highest BCUT2D eigenvalue weighted by Crippen LogP contribution is 2.51. The molecule has 0 bridgehead atoms. The third kappa shape index (κ3) is 6.43. The molecule has 0 unspecified atom stereocenters. The van der Waals surface area contributed by atoms with E-state index in [1.807, 2.05) is 22.7 Å². The van der Waals surface area contributed by atoms with E-state index in [4.69, 9.17) is 4.42 Å². The number of nitrogens with zero attached hydrogens (tertiary/aromatic N) is 2. The molecule has 0 N–H and O–H groups in total. The molecular weight excluding hydrogens is 852 g/mol. The number of thiophene rings is 2. The quantitative estimate of drug-likeness (QED) is 0.164. The Labute approximate surface area is 403 Å². The van der Waals surface area contributed by atoms with E-state index < -0.39 is 0 Å². The maximum atomic E-state index is 7.34. The van der Waals surface area contributed by atoms with Crippen LogP contribution >= 0.6 is 22.7 Å². The SMILES string of the molecule is Cc1cc2c3c(c1)N(c1c(C)cc(-c4csc5ccccc45)cc1C)c1oc4ccc(C(C)(C)C)cc4c1B3c1ccc(-c3csc4ccccc34)cc1N2c1c(C)cc(C(C)(C)C)cc1C. The Kier molecular flexibility index (Phi) is 9.31. The Morgan fingerprint density at radius 1 is 0.478 bits per heavy atom. The second kappa shape index (κ2) is 14.8. The Bertz CT molecular complexity index is 3650. The lowest BCUT2D eigenvalue weighted by atomic mass is 9.33. The number of hydrogen-bond donors (Lipinski definition) is 0. The fourth-order valence-electron chi connectivity index (χ4n) is 11.4. The topological polar surface area (TPSA) is 19.6 Å². The van der Waals surface area contributed by atoms with E-state index in [9.17, 15) is 0 Å². The Hall–Kier alpha value is -6.34. The van der Waals surface area contributed by atoms with Gasteiger partial charge in [-0.3, -0.25) is 4.90 Å². The minimum absolute atomic E-state index is 0.0154. The van der Waals surface area contributed by atoms with E-state index in [0.717, 1.165) is 11.5 Å². The first kappa shape index (κ1) is 42.0. The van der Waals surface area contributed by atoms with Crippen LogP contribution in [0.25, 0.3) is 53.4 Å². The summed E-state index contributed by atoms with van der Waals surface area (Å²) in [5.74, 6) is 0.907. The molecule has 3 aromatic heterocycles. The van der Waals surface area contributed by atoms with Crippen molar-refractivity contribution in [3.05, 3.63) is 171 Å². The highest BCUT2D eigenvalue weighted by Gasteiger charge is 2.47. The summed E-state index contributed by atoms with van der Waals surface area (Å²) < 4.78 is 9.96. The van der Waals surface area contributed by atoms with E-state index in [0.29, 0.717) is 0 Å². The van der Waals surface area contributed by atoms with Gasteiger partial charge < -0.3 is 9.32 Å². The standard InChI is InChI=1S/C61H55BN2OS2/c1-34-24-50-56-51(25-34)64(58-35(2)26-40(27-36(58)3)47-33-67-54-19-15-13-17-44(47)54)59-55(45-31-41(60(6,7)8)21-23-52(45)65-59)62(56)48-22-20-39(46-32-66-53-18-14-12-16-43(46)53)30-49(48)63(50)57-37(4)28-42(29-38(57)5)61(9,10)11/h12-33H,1-11H3. The average Bonchev–Trinajstić information content (AvgIpc) is 4.02. The van der Waals surface area contributed by atoms with Gasteiger partial charge in [0.05, 0.1) is 11.4 Å². The molecular formula is C61H55BN2OS2. The number of anilines is 6. The molecule has 0 amide bonds. The molecule has 0 saturated heterocycles. The van der Waals surface area contributed by atoms with Gasteiger partial charge in [0.1, 0.15) is 5.58 Å². The van der Waals surface area contributed by atoms with Gasteiger partial charge in [-0.1, -0.05) is 108 Å². The van der Waals surface area contributed by atoms with Crippen LogP contribution in [0.4, 0.5) is 34.3 Å². The summed E-state index contributed by atoms with van der Waals surface area (Å²) in [4.78, 5) is 5.12. The molecule has 0 atom stereocenters. The molecule has 5 heterocycles. The lowest BCUT2D eigenvalue weighted by molar-refractivity contribution is 0.589. The van der Waals surface area contributed by atoms with E-state index in [2.05, 4.69) is 218 Å². The van der Waals surface area contributed by atoms with Gasteiger partial charge in [-0.15, -0.1) is 22.7 Å². The lowest BCUT2D eigenvalue weighted by Crippen LogP contribution is -2.61. The van der Waals surface area contributed by atoms with Crippen molar-refractivity contribution in [1.82, 2.24) is 0 Å². The molecule has 2 aliphatic heterocycles. The molecule has 0 saturated carbocycles. The zero-order valence-electron chi connectivity index (χ0n) is 40.4. The number of aryl methyl sites for hydroxylation is 5. The molecule has 0 fully saturated rings. The molecule has 67 heavy (non-hydrogen) atoms. The van der Waals surface area contributed by atoms with Crippen LogP contribution in [0, 0.1) is 34.6 Å². The number of fused-ring (bicyclic) bond motifs is 8. The average molecular weight is 907 g/mol. The van der Waals surface area contributed by atoms with Crippen LogP contribution in [0.2, 0.25) is 0 Å². The first-order valence-electron chi connectivity index (χ1n) is 23.7. The smallest absolute Gasteiger partial charge is 0.257 e. The Morgan fingerprint density at radius 2 is 1.03 bits per heavy atom. The van der Waals surface area contributed by atoms with Crippen molar-refractivity contribution in [2.75, 3.05) is 9.80 Å². The van der Waals surface area contributed by atoms with Gasteiger partial charge in [0.25, 0.3) is 6.71 Å². The molecule has 12 rings (SSSR count). The van der Waals surface area contributed by atoms with Crippen LogP contribution in [0.5, 0.6) is 0 Å². The van der Waals surface area contributed by atoms with Crippen LogP contribution in [0.1, 0.15) is 80.5 Å². The van der Waals surface area contributed by atoms with Crippen molar-refractivity contribution in [1.29, 1.82) is 0 Å². The largest absolute Gasteiger partial charge is 0.440 e. The van der Waals surface area contributed by atoms with Crippen LogP contribution in [-0.4, -0.2) is 6.71 Å². The summed E-state index contributed by atoms with van der Waals surface area (Å²) in [6.07, 6.45) is 0. The summed E-state index contributed by atoms with van der Waals surface area (Å²) >= 11 is 3.64. The number of hydrogen-bond acceptors (Lipinski definition) is 5. The van der Waals surface area contributed by atoms with E-state index >= 15 is 0 Å². The van der Waals surface area contributed by atoms with Gasteiger partial charge in [0, 0.05) is 59.2 Å². The van der Waals surface area contributed by atoms with Crippen molar-refractivity contribution < 1.29 is 4.42 Å². The number of benzene rings is 7. The van der Waals surface area contributed by atoms with Crippen LogP contribution in [0.15, 0.2) is 137 Å². The maximum Gasteiger partial charge on any atom is 0.257 e. The van der Waals surface area contributed by atoms with Crippen molar-refractivity contribution in [2.45, 2.75) is 87.0 Å². The monoisotopic (exact) mass is 906 g/mol. The van der Waals surface area contributed by atoms with Gasteiger partial charge in [-0.2, -0.15) is 0 Å². The normalized spacial score (nSPS) is 13.5. The molecule has 330 valence electrons. The second-order valence-electron chi connectivity index (χ2n) is 21.3. The van der Waals surface area contributed by atoms with Crippen LogP contribution in [-0.2, 0) is 10.8 Å². The second-order valence-corrected chi connectivity index (χ2v) is 23.2. The predicted molar refractivity (Wildman–Crippen MR) is 293 cm³/mol. The van der Waals surface area contributed by atoms with Gasteiger partial charge in [-0.25, -0.2) is 0 Å². The summed E-state index contributed by atoms with van der Waals surface area (Å²) in [5.41, 5.74) is 24.6. The lowest BCUT2D eigenvalue weighted by Gasteiger charge is -2.44. The summed E-state index contributed by atoms with van der Waals surface area (Å²) in [6.45, 7) is 25.3. The summed E-state index contributed by atoms with van der Waals surface area (Å²) in [6, 6.07) is 46.3. The molecule has 0 aliphatic carbocycles. The third-order valence-electron chi connectivity index (χ3n) is 14.6. The third-order valence-corrected chi connectivity index (χ3v) is 16.5. The molecule has 0 spiro atoms. The minimum atomic E-state index is -0.0839. The van der Waals surface area contributed by atoms with E-state index in [-0.39, 0.29) is 17.5 Å². The molecule has 7 aromatic carbocycles. The number of rotatable bonds is 4.